The quantitative estimate of drug-likeness (QED) is 0.213. The van der Waals surface area contributed by atoms with Crippen molar-refractivity contribution in [1.82, 2.24) is 0 Å². The standard InChI is InChI=1S/C19H30O3S/c1-2-3-4-5-6-7-8-9-10-11-12-17-13-15-18(16-14-17)21-19(20)22-23-19/h13-16,20H,2-12H2,1H3. The Labute approximate surface area is 145 Å². The molecule has 2 rings (SSSR count). The summed E-state index contributed by atoms with van der Waals surface area (Å²) < 4.78 is 9.99. The lowest BCUT2D eigenvalue weighted by molar-refractivity contribution is -0.124. The van der Waals surface area contributed by atoms with Gasteiger partial charge in [0.2, 0.25) is 0 Å². The third kappa shape index (κ3) is 8.09. The van der Waals surface area contributed by atoms with E-state index in [1.54, 1.807) is 0 Å². The maximum absolute atomic E-state index is 9.47. The van der Waals surface area contributed by atoms with Crippen LogP contribution in [0.1, 0.15) is 76.7 Å². The third-order valence-corrected chi connectivity index (χ3v) is 4.75. The average Bonchev–Trinajstić information content (AvgIpc) is 3.28. The first-order chi connectivity index (χ1) is 11.2. The first kappa shape index (κ1) is 18.6. The zero-order valence-corrected chi connectivity index (χ0v) is 15.1. The van der Waals surface area contributed by atoms with E-state index in [9.17, 15) is 5.11 Å². The Hall–Kier alpha value is -0.710. The van der Waals surface area contributed by atoms with Crippen molar-refractivity contribution in [2.24, 2.45) is 0 Å². The largest absolute Gasteiger partial charge is 0.429 e. The first-order valence-corrected chi connectivity index (χ1v) is 9.83. The Morgan fingerprint density at radius 3 is 1.96 bits per heavy atom. The van der Waals surface area contributed by atoms with Crippen molar-refractivity contribution >= 4 is 12.0 Å². The van der Waals surface area contributed by atoms with E-state index in [-0.39, 0.29) is 0 Å². The van der Waals surface area contributed by atoms with Gasteiger partial charge in [0.05, 0.1) is 0 Å². The van der Waals surface area contributed by atoms with Crippen molar-refractivity contribution < 1.29 is 14.0 Å². The summed E-state index contributed by atoms with van der Waals surface area (Å²) in [7, 11) is 0. The molecular formula is C19H30O3S. The van der Waals surface area contributed by atoms with Crippen molar-refractivity contribution in [3.63, 3.8) is 0 Å². The fourth-order valence-electron chi connectivity index (χ4n) is 2.76. The Morgan fingerprint density at radius 2 is 1.43 bits per heavy atom. The predicted octanol–water partition coefficient (Wildman–Crippen LogP) is 5.81. The van der Waals surface area contributed by atoms with Gasteiger partial charge in [-0.25, -0.2) is 4.18 Å². The number of aliphatic hydroxyl groups is 1. The highest BCUT2D eigenvalue weighted by Crippen LogP contribution is 2.45. The summed E-state index contributed by atoms with van der Waals surface area (Å²) >= 11 is 0.931. The number of hydrogen-bond donors (Lipinski definition) is 1. The predicted molar refractivity (Wildman–Crippen MR) is 96.2 cm³/mol. The molecule has 0 spiro atoms. The topological polar surface area (TPSA) is 42.0 Å². The summed E-state index contributed by atoms with van der Waals surface area (Å²) in [6, 6.07) is 7.93. The van der Waals surface area contributed by atoms with Crippen molar-refractivity contribution in [3.05, 3.63) is 29.8 Å². The third-order valence-electron chi connectivity index (χ3n) is 4.22. The van der Waals surface area contributed by atoms with Crippen LogP contribution in [0.5, 0.6) is 5.75 Å². The average molecular weight is 339 g/mol. The molecule has 1 unspecified atom stereocenters. The van der Waals surface area contributed by atoms with E-state index in [0.717, 1.165) is 18.5 Å². The van der Waals surface area contributed by atoms with Gasteiger partial charge in [-0.1, -0.05) is 76.8 Å². The van der Waals surface area contributed by atoms with Crippen LogP contribution in [0.2, 0.25) is 0 Å². The molecule has 1 atom stereocenters. The van der Waals surface area contributed by atoms with Gasteiger partial charge in [0.25, 0.3) is 0 Å². The van der Waals surface area contributed by atoms with E-state index in [4.69, 9.17) is 8.92 Å². The molecule has 23 heavy (non-hydrogen) atoms. The Morgan fingerprint density at radius 1 is 0.913 bits per heavy atom. The number of rotatable bonds is 13. The zero-order valence-electron chi connectivity index (χ0n) is 14.3. The van der Waals surface area contributed by atoms with Crippen molar-refractivity contribution in [2.75, 3.05) is 0 Å². The van der Waals surface area contributed by atoms with E-state index >= 15 is 0 Å². The van der Waals surface area contributed by atoms with Crippen molar-refractivity contribution in [2.45, 2.75) is 82.9 Å². The Balaban J connectivity index is 1.46. The van der Waals surface area contributed by atoms with E-state index in [1.807, 2.05) is 12.1 Å². The summed E-state index contributed by atoms with van der Waals surface area (Å²) in [5.41, 5.74) is 1.33. The smallest absolute Gasteiger partial charge is 0.417 e. The maximum atomic E-state index is 9.47. The molecule has 0 bridgehead atoms. The van der Waals surface area contributed by atoms with Gasteiger partial charge in [0.15, 0.2) is 0 Å². The van der Waals surface area contributed by atoms with Gasteiger partial charge >= 0.3 is 5.31 Å². The van der Waals surface area contributed by atoms with Crippen LogP contribution in [0.25, 0.3) is 0 Å². The van der Waals surface area contributed by atoms with Crippen LogP contribution in [0, 0.1) is 0 Å². The monoisotopic (exact) mass is 338 g/mol. The highest BCUT2D eigenvalue weighted by molar-refractivity contribution is 8.01. The van der Waals surface area contributed by atoms with Crippen molar-refractivity contribution in [1.29, 1.82) is 0 Å². The molecule has 1 saturated heterocycles. The van der Waals surface area contributed by atoms with Crippen LogP contribution in [0.15, 0.2) is 24.3 Å². The molecule has 0 aromatic heterocycles. The van der Waals surface area contributed by atoms with Crippen LogP contribution in [-0.2, 0) is 10.6 Å². The molecule has 0 aliphatic carbocycles. The summed E-state index contributed by atoms with van der Waals surface area (Å²) in [6.07, 6.45) is 14.8. The van der Waals surface area contributed by atoms with E-state index < -0.39 is 5.31 Å². The highest BCUT2D eigenvalue weighted by Gasteiger charge is 2.50. The molecule has 0 saturated carbocycles. The van der Waals surface area contributed by atoms with Gasteiger partial charge in [-0.15, -0.1) is 0 Å². The molecule has 1 fully saturated rings. The molecule has 1 aliphatic heterocycles. The second kappa shape index (κ2) is 10.2. The number of hydrogen-bond acceptors (Lipinski definition) is 4. The molecule has 1 heterocycles. The fourth-order valence-corrected chi connectivity index (χ4v) is 2.99. The van der Waals surface area contributed by atoms with Crippen LogP contribution < -0.4 is 4.74 Å². The number of ether oxygens (including phenoxy) is 1. The minimum atomic E-state index is -1.45. The molecule has 0 radical (unpaired) electrons. The lowest BCUT2D eigenvalue weighted by Crippen LogP contribution is -2.15. The minimum absolute atomic E-state index is 0.643. The molecule has 4 heteroatoms. The summed E-state index contributed by atoms with van der Waals surface area (Å²) in [5, 5.41) is 8.03. The second-order valence-electron chi connectivity index (χ2n) is 6.37. The van der Waals surface area contributed by atoms with Gasteiger partial charge in [-0.05, 0) is 30.5 Å². The number of benzene rings is 1. The Kier molecular flexibility index (Phi) is 8.27. The molecule has 130 valence electrons. The summed E-state index contributed by atoms with van der Waals surface area (Å²) in [6.45, 7) is 2.27. The molecule has 1 N–H and O–H groups in total. The molecular weight excluding hydrogens is 308 g/mol. The maximum Gasteiger partial charge on any atom is 0.417 e. The lowest BCUT2D eigenvalue weighted by atomic mass is 10.0. The van der Waals surface area contributed by atoms with Crippen LogP contribution in [0.4, 0.5) is 0 Å². The van der Waals surface area contributed by atoms with Gasteiger partial charge < -0.3 is 9.84 Å². The van der Waals surface area contributed by atoms with Gasteiger partial charge in [0, 0.05) is 0 Å². The number of unbranched alkanes of at least 4 members (excludes halogenated alkanes) is 9. The lowest BCUT2D eigenvalue weighted by Gasteiger charge is -2.07. The Bertz CT molecular complexity index is 429. The van der Waals surface area contributed by atoms with E-state index in [0.29, 0.717) is 5.75 Å². The molecule has 1 aliphatic rings. The number of aryl methyl sites for hydroxylation is 1. The van der Waals surface area contributed by atoms with Gasteiger partial charge in [0.1, 0.15) is 17.8 Å². The second-order valence-corrected chi connectivity index (χ2v) is 7.22. The molecule has 3 nitrogen and oxygen atoms in total. The summed E-state index contributed by atoms with van der Waals surface area (Å²) in [4.78, 5) is 0. The minimum Gasteiger partial charge on any atom is -0.429 e. The summed E-state index contributed by atoms with van der Waals surface area (Å²) in [5.74, 6) is 0.643. The van der Waals surface area contributed by atoms with Gasteiger partial charge in [-0.2, -0.15) is 0 Å². The normalized spacial score (nSPS) is 19.7. The van der Waals surface area contributed by atoms with E-state index in [2.05, 4.69) is 19.1 Å². The van der Waals surface area contributed by atoms with Crippen LogP contribution in [-0.4, -0.2) is 10.4 Å². The van der Waals surface area contributed by atoms with Crippen LogP contribution >= 0.6 is 12.0 Å². The van der Waals surface area contributed by atoms with E-state index in [1.165, 1.54) is 69.8 Å². The first-order valence-electron chi connectivity index (χ1n) is 9.09. The highest BCUT2D eigenvalue weighted by atomic mass is 32.2. The van der Waals surface area contributed by atoms with Crippen molar-refractivity contribution in [3.8, 4) is 5.75 Å². The van der Waals surface area contributed by atoms with Crippen LogP contribution in [0.3, 0.4) is 0 Å². The SMILES string of the molecule is CCCCCCCCCCCCc1ccc(OC2(O)OS2)cc1. The molecule has 1 aromatic carbocycles. The fraction of sp³-hybridized carbons (Fsp3) is 0.684. The zero-order chi connectivity index (χ0) is 16.4. The van der Waals surface area contributed by atoms with Gasteiger partial charge in [-0.3, -0.25) is 0 Å². The molecule has 0 amide bonds. The molecule has 1 aromatic rings.